The molecule has 3 heteroatoms. The third-order valence-electron chi connectivity index (χ3n) is 3.93. The Morgan fingerprint density at radius 2 is 1.95 bits per heavy atom. The molecule has 0 radical (unpaired) electrons. The second kappa shape index (κ2) is 8.58. The van der Waals surface area contributed by atoms with Gasteiger partial charge in [0.05, 0.1) is 0 Å². The Balaban J connectivity index is 2.00. The van der Waals surface area contributed by atoms with Gasteiger partial charge in [0.15, 0.2) is 0 Å². The maximum absolute atomic E-state index is 3.63. The lowest BCUT2D eigenvalue weighted by Gasteiger charge is -2.23. The Morgan fingerprint density at radius 1 is 1.15 bits per heavy atom. The van der Waals surface area contributed by atoms with Gasteiger partial charge in [0, 0.05) is 30.6 Å². The predicted octanol–water partition coefficient (Wildman–Crippen LogP) is 4.08. The number of nitrogens with one attached hydrogen (secondary N) is 1. The summed E-state index contributed by atoms with van der Waals surface area (Å²) in [5.74, 6) is 2.57. The highest BCUT2D eigenvalue weighted by Crippen LogP contribution is 2.23. The van der Waals surface area contributed by atoms with Gasteiger partial charge in [0.1, 0.15) is 0 Å². The Hall–Kier alpha value is -0.670. The van der Waals surface area contributed by atoms with E-state index in [0.29, 0.717) is 6.04 Å². The molecular weight excluding hydrogens is 264 g/mol. The van der Waals surface area contributed by atoms with E-state index in [2.05, 4.69) is 60.1 Å². The summed E-state index contributed by atoms with van der Waals surface area (Å²) < 4.78 is 0. The molecule has 1 heterocycles. The van der Waals surface area contributed by atoms with Gasteiger partial charge in [0.25, 0.3) is 0 Å². The molecule has 0 aliphatic carbocycles. The van der Waals surface area contributed by atoms with Crippen LogP contribution in [0.25, 0.3) is 0 Å². The van der Waals surface area contributed by atoms with Gasteiger partial charge in [-0.25, -0.2) is 0 Å². The van der Waals surface area contributed by atoms with E-state index in [0.717, 1.165) is 13.0 Å². The Kier molecular flexibility index (Phi) is 6.74. The molecule has 2 nitrogen and oxygen atoms in total. The summed E-state index contributed by atoms with van der Waals surface area (Å²) in [5, 5.41) is 3.63. The summed E-state index contributed by atoms with van der Waals surface area (Å²) in [6.07, 6.45) is 3.65. The second-order valence-corrected chi connectivity index (χ2v) is 6.68. The molecule has 0 aromatic heterocycles. The summed E-state index contributed by atoms with van der Waals surface area (Å²) in [7, 11) is 0. The summed E-state index contributed by atoms with van der Waals surface area (Å²) in [5.41, 5.74) is 2.82. The van der Waals surface area contributed by atoms with Crippen molar-refractivity contribution in [3.63, 3.8) is 0 Å². The van der Waals surface area contributed by atoms with E-state index < -0.39 is 0 Å². The summed E-state index contributed by atoms with van der Waals surface area (Å²) >= 11 is 2.08. The lowest BCUT2D eigenvalue weighted by atomic mass is 10.0. The van der Waals surface area contributed by atoms with Crippen molar-refractivity contribution < 1.29 is 0 Å². The number of hydrogen-bond acceptors (Lipinski definition) is 3. The Labute approximate surface area is 128 Å². The van der Waals surface area contributed by atoms with E-state index in [1.165, 1.54) is 48.7 Å². The lowest BCUT2D eigenvalue weighted by Crippen LogP contribution is -2.25. The number of hydrogen-bond donors (Lipinski definition) is 1. The van der Waals surface area contributed by atoms with E-state index in [-0.39, 0.29) is 0 Å². The third kappa shape index (κ3) is 4.42. The molecule has 1 fully saturated rings. The molecule has 112 valence electrons. The van der Waals surface area contributed by atoms with Crippen LogP contribution in [0.4, 0.5) is 5.69 Å². The first-order valence-electron chi connectivity index (χ1n) is 8.01. The van der Waals surface area contributed by atoms with Crippen LogP contribution in [-0.2, 0) is 0 Å². The van der Waals surface area contributed by atoms with Crippen molar-refractivity contribution >= 4 is 17.4 Å². The SMILES string of the molecule is CCCNC(CC)c1ccc(N2CCCSCC2)cc1. The zero-order chi connectivity index (χ0) is 14.2. The first-order chi connectivity index (χ1) is 9.85. The summed E-state index contributed by atoms with van der Waals surface area (Å²) in [6, 6.07) is 9.74. The molecule has 1 N–H and O–H groups in total. The molecule has 0 spiro atoms. The Morgan fingerprint density at radius 3 is 2.65 bits per heavy atom. The maximum atomic E-state index is 3.63. The van der Waals surface area contributed by atoms with Crippen LogP contribution in [0.15, 0.2) is 24.3 Å². The molecule has 1 aromatic carbocycles. The molecule has 0 saturated carbocycles. The van der Waals surface area contributed by atoms with Crippen molar-refractivity contribution in [2.75, 3.05) is 36.0 Å². The number of rotatable bonds is 6. The van der Waals surface area contributed by atoms with E-state index in [1.54, 1.807) is 0 Å². The topological polar surface area (TPSA) is 15.3 Å². The molecule has 1 aliphatic heterocycles. The van der Waals surface area contributed by atoms with Gasteiger partial charge < -0.3 is 10.2 Å². The molecule has 1 aromatic rings. The third-order valence-corrected chi connectivity index (χ3v) is 4.98. The molecule has 1 atom stereocenters. The smallest absolute Gasteiger partial charge is 0.0366 e. The van der Waals surface area contributed by atoms with Gasteiger partial charge in [-0.05, 0) is 49.3 Å². The largest absolute Gasteiger partial charge is 0.371 e. The zero-order valence-electron chi connectivity index (χ0n) is 12.9. The average molecular weight is 292 g/mol. The van der Waals surface area contributed by atoms with Gasteiger partial charge in [-0.15, -0.1) is 0 Å². The monoisotopic (exact) mass is 292 g/mol. The fourth-order valence-electron chi connectivity index (χ4n) is 2.74. The highest BCUT2D eigenvalue weighted by Gasteiger charge is 2.12. The Bertz CT molecular complexity index is 369. The van der Waals surface area contributed by atoms with Gasteiger partial charge >= 0.3 is 0 Å². The standard InChI is InChI=1S/C17H28N2S/c1-3-10-18-17(4-2)15-6-8-16(9-7-15)19-11-5-13-20-14-12-19/h6-9,17-18H,3-5,10-14H2,1-2H3. The average Bonchev–Trinajstić information content (AvgIpc) is 2.78. The first-order valence-corrected chi connectivity index (χ1v) is 9.16. The van der Waals surface area contributed by atoms with Crippen molar-refractivity contribution in [2.45, 2.75) is 39.2 Å². The van der Waals surface area contributed by atoms with Crippen molar-refractivity contribution in [3.05, 3.63) is 29.8 Å². The van der Waals surface area contributed by atoms with E-state index >= 15 is 0 Å². The fourth-order valence-corrected chi connectivity index (χ4v) is 3.63. The minimum atomic E-state index is 0.503. The minimum absolute atomic E-state index is 0.503. The molecule has 0 amide bonds. The number of thioether (sulfide) groups is 1. The van der Waals surface area contributed by atoms with Crippen LogP contribution in [0.3, 0.4) is 0 Å². The van der Waals surface area contributed by atoms with Crippen LogP contribution in [-0.4, -0.2) is 31.1 Å². The van der Waals surface area contributed by atoms with Crippen LogP contribution >= 0.6 is 11.8 Å². The molecule has 1 unspecified atom stereocenters. The first kappa shape index (κ1) is 15.7. The van der Waals surface area contributed by atoms with Crippen LogP contribution in [0.5, 0.6) is 0 Å². The molecule has 1 saturated heterocycles. The normalized spacial score (nSPS) is 17.8. The number of nitrogens with zero attached hydrogens (tertiary/aromatic N) is 1. The van der Waals surface area contributed by atoms with E-state index in [9.17, 15) is 0 Å². The van der Waals surface area contributed by atoms with E-state index in [1.807, 2.05) is 0 Å². The maximum Gasteiger partial charge on any atom is 0.0366 e. The lowest BCUT2D eigenvalue weighted by molar-refractivity contribution is 0.518. The van der Waals surface area contributed by atoms with Crippen molar-refractivity contribution in [2.24, 2.45) is 0 Å². The van der Waals surface area contributed by atoms with Crippen LogP contribution in [0.2, 0.25) is 0 Å². The molecule has 0 bridgehead atoms. The minimum Gasteiger partial charge on any atom is -0.371 e. The number of benzene rings is 1. The second-order valence-electron chi connectivity index (χ2n) is 5.46. The van der Waals surface area contributed by atoms with Gasteiger partial charge in [-0.1, -0.05) is 26.0 Å². The van der Waals surface area contributed by atoms with Crippen LogP contribution in [0.1, 0.15) is 44.7 Å². The molecule has 2 rings (SSSR count). The van der Waals surface area contributed by atoms with Crippen molar-refractivity contribution in [3.8, 4) is 0 Å². The predicted molar refractivity (Wildman–Crippen MR) is 91.9 cm³/mol. The molecule has 20 heavy (non-hydrogen) atoms. The molecule has 1 aliphatic rings. The van der Waals surface area contributed by atoms with Gasteiger partial charge in [-0.2, -0.15) is 11.8 Å². The van der Waals surface area contributed by atoms with E-state index in [4.69, 9.17) is 0 Å². The van der Waals surface area contributed by atoms with Crippen molar-refractivity contribution in [1.82, 2.24) is 5.32 Å². The number of anilines is 1. The van der Waals surface area contributed by atoms with Crippen LogP contribution in [0, 0.1) is 0 Å². The summed E-state index contributed by atoms with van der Waals surface area (Å²) in [4.78, 5) is 2.53. The quantitative estimate of drug-likeness (QED) is 0.850. The van der Waals surface area contributed by atoms with Crippen LogP contribution < -0.4 is 10.2 Å². The zero-order valence-corrected chi connectivity index (χ0v) is 13.7. The highest BCUT2D eigenvalue weighted by molar-refractivity contribution is 7.99. The van der Waals surface area contributed by atoms with Gasteiger partial charge in [0.2, 0.25) is 0 Å². The highest BCUT2D eigenvalue weighted by atomic mass is 32.2. The van der Waals surface area contributed by atoms with Crippen molar-refractivity contribution in [1.29, 1.82) is 0 Å². The fraction of sp³-hybridized carbons (Fsp3) is 0.647. The van der Waals surface area contributed by atoms with Gasteiger partial charge in [-0.3, -0.25) is 0 Å². The molecular formula is C17H28N2S. The summed E-state index contributed by atoms with van der Waals surface area (Å²) in [6.45, 7) is 7.98.